The van der Waals surface area contributed by atoms with E-state index >= 15 is 0 Å². The zero-order chi connectivity index (χ0) is 13.8. The van der Waals surface area contributed by atoms with Gasteiger partial charge in [0.2, 0.25) is 0 Å². The van der Waals surface area contributed by atoms with E-state index in [2.05, 4.69) is 28.0 Å². The lowest BCUT2D eigenvalue weighted by atomic mass is 9.99. The average molecular weight is 374 g/mol. The zero-order valence-corrected chi connectivity index (χ0v) is 12.2. The highest BCUT2D eigenvalue weighted by Gasteiger charge is 2.12. The highest BCUT2D eigenvalue weighted by atomic mass is 127. The molecule has 1 unspecified atom stereocenters. The summed E-state index contributed by atoms with van der Waals surface area (Å²) in [6, 6.07) is 11.6. The molecule has 0 aromatic heterocycles. The Labute approximate surface area is 124 Å². The van der Waals surface area contributed by atoms with Gasteiger partial charge in [-0.1, -0.05) is 18.2 Å². The Morgan fingerprint density at radius 1 is 1.11 bits per heavy atom. The van der Waals surface area contributed by atoms with Crippen molar-refractivity contribution in [1.82, 2.24) is 5.43 Å². The van der Waals surface area contributed by atoms with Crippen LogP contribution in [0.1, 0.15) is 17.2 Å². The Morgan fingerprint density at radius 3 is 2.53 bits per heavy atom. The fourth-order valence-corrected chi connectivity index (χ4v) is 2.47. The molecule has 0 aliphatic rings. The summed E-state index contributed by atoms with van der Waals surface area (Å²) in [6.07, 6.45) is 0.494. The summed E-state index contributed by atoms with van der Waals surface area (Å²) >= 11 is 2.22. The Hall–Kier alpha value is -1.05. The maximum absolute atomic E-state index is 13.2. The molecule has 1 atom stereocenters. The molecule has 0 bridgehead atoms. The van der Waals surface area contributed by atoms with Crippen molar-refractivity contribution in [2.24, 2.45) is 5.84 Å². The van der Waals surface area contributed by atoms with Crippen molar-refractivity contribution in [3.63, 3.8) is 0 Å². The van der Waals surface area contributed by atoms with Crippen LogP contribution in [0.15, 0.2) is 42.5 Å². The first-order chi connectivity index (χ1) is 9.10. The molecular formula is C14H13F2IN2. The summed E-state index contributed by atoms with van der Waals surface area (Å²) in [6.45, 7) is 0. The number of nitrogens with one attached hydrogen (secondary N) is 1. The molecule has 0 radical (unpaired) electrons. The second-order valence-corrected chi connectivity index (χ2v) is 5.47. The van der Waals surface area contributed by atoms with E-state index in [4.69, 9.17) is 5.84 Å². The second kappa shape index (κ2) is 6.40. The van der Waals surface area contributed by atoms with Gasteiger partial charge in [-0.25, -0.2) is 8.78 Å². The van der Waals surface area contributed by atoms with E-state index in [1.807, 2.05) is 24.3 Å². The normalized spacial score (nSPS) is 12.4. The van der Waals surface area contributed by atoms with Crippen molar-refractivity contribution < 1.29 is 8.78 Å². The lowest BCUT2D eigenvalue weighted by Crippen LogP contribution is -2.29. The lowest BCUT2D eigenvalue weighted by Gasteiger charge is -2.17. The van der Waals surface area contributed by atoms with Gasteiger partial charge in [0.15, 0.2) is 11.6 Å². The minimum atomic E-state index is -0.838. The molecule has 2 nitrogen and oxygen atoms in total. The number of hydrogen-bond acceptors (Lipinski definition) is 2. The highest BCUT2D eigenvalue weighted by molar-refractivity contribution is 14.1. The van der Waals surface area contributed by atoms with Crippen LogP contribution in [0.2, 0.25) is 0 Å². The van der Waals surface area contributed by atoms with Gasteiger partial charge in [-0.15, -0.1) is 0 Å². The van der Waals surface area contributed by atoms with E-state index in [9.17, 15) is 8.78 Å². The van der Waals surface area contributed by atoms with Crippen LogP contribution in [-0.4, -0.2) is 0 Å². The van der Waals surface area contributed by atoms with Crippen LogP contribution in [0, 0.1) is 15.2 Å². The van der Waals surface area contributed by atoms with Crippen molar-refractivity contribution in [2.75, 3.05) is 0 Å². The molecule has 3 N–H and O–H groups in total. The monoisotopic (exact) mass is 374 g/mol. The molecule has 5 heteroatoms. The van der Waals surface area contributed by atoms with Crippen LogP contribution < -0.4 is 11.3 Å². The third kappa shape index (κ3) is 3.71. The molecule has 0 amide bonds. The largest absolute Gasteiger partial charge is 0.271 e. The predicted octanol–water partition coefficient (Wildman–Crippen LogP) is 3.32. The number of halogens is 3. The maximum atomic E-state index is 13.2. The number of hydrogen-bond donors (Lipinski definition) is 2. The maximum Gasteiger partial charge on any atom is 0.159 e. The minimum Gasteiger partial charge on any atom is -0.271 e. The van der Waals surface area contributed by atoms with Gasteiger partial charge in [0, 0.05) is 3.57 Å². The summed E-state index contributed by atoms with van der Waals surface area (Å²) in [5, 5.41) is 0. The third-order valence-electron chi connectivity index (χ3n) is 2.88. The Balaban J connectivity index is 2.21. The molecule has 0 saturated carbocycles. The van der Waals surface area contributed by atoms with Gasteiger partial charge >= 0.3 is 0 Å². The van der Waals surface area contributed by atoms with Crippen molar-refractivity contribution in [3.8, 4) is 0 Å². The molecule has 0 aliphatic heterocycles. The molecule has 0 fully saturated rings. The van der Waals surface area contributed by atoms with Crippen LogP contribution in [0.25, 0.3) is 0 Å². The first-order valence-corrected chi connectivity index (χ1v) is 6.83. The molecule has 0 spiro atoms. The van der Waals surface area contributed by atoms with Crippen LogP contribution in [-0.2, 0) is 6.42 Å². The first kappa shape index (κ1) is 14.4. The number of rotatable bonds is 4. The van der Waals surface area contributed by atoms with E-state index < -0.39 is 11.6 Å². The topological polar surface area (TPSA) is 38.0 Å². The summed E-state index contributed by atoms with van der Waals surface area (Å²) in [4.78, 5) is 0. The molecular weight excluding hydrogens is 361 g/mol. The Morgan fingerprint density at radius 2 is 1.89 bits per heavy atom. The summed E-state index contributed by atoms with van der Waals surface area (Å²) in [5.74, 6) is 3.88. The zero-order valence-electron chi connectivity index (χ0n) is 10.0. The number of nitrogens with two attached hydrogens (primary N) is 1. The quantitative estimate of drug-likeness (QED) is 0.490. The van der Waals surface area contributed by atoms with E-state index in [0.717, 1.165) is 15.2 Å². The molecule has 0 aliphatic carbocycles. The fourth-order valence-electron chi connectivity index (χ4n) is 1.90. The summed E-state index contributed by atoms with van der Waals surface area (Å²) in [7, 11) is 0. The fraction of sp³-hybridized carbons (Fsp3) is 0.143. The predicted molar refractivity (Wildman–Crippen MR) is 79.3 cm³/mol. The summed E-state index contributed by atoms with van der Waals surface area (Å²) < 4.78 is 27.1. The third-order valence-corrected chi connectivity index (χ3v) is 3.55. The van der Waals surface area contributed by atoms with Crippen LogP contribution in [0.4, 0.5) is 8.78 Å². The standard InChI is InChI=1S/C14H13F2IN2/c15-12-5-4-9(6-13(12)16)7-14(19-18)10-2-1-3-11(17)8-10/h1-6,8,14,19H,7,18H2. The average Bonchev–Trinajstić information content (AvgIpc) is 2.40. The Kier molecular flexibility index (Phi) is 4.84. The minimum absolute atomic E-state index is 0.139. The van der Waals surface area contributed by atoms with Crippen LogP contribution in [0.5, 0.6) is 0 Å². The van der Waals surface area contributed by atoms with E-state index in [0.29, 0.717) is 12.0 Å². The van der Waals surface area contributed by atoms with Crippen molar-refractivity contribution in [1.29, 1.82) is 0 Å². The van der Waals surface area contributed by atoms with E-state index in [1.54, 1.807) is 6.07 Å². The van der Waals surface area contributed by atoms with E-state index in [-0.39, 0.29) is 6.04 Å². The highest BCUT2D eigenvalue weighted by Crippen LogP contribution is 2.20. The van der Waals surface area contributed by atoms with Gasteiger partial charge in [-0.2, -0.15) is 0 Å². The molecule has 100 valence electrons. The molecule has 2 rings (SSSR count). The first-order valence-electron chi connectivity index (χ1n) is 5.75. The second-order valence-electron chi connectivity index (χ2n) is 4.23. The van der Waals surface area contributed by atoms with Crippen LogP contribution in [0.3, 0.4) is 0 Å². The van der Waals surface area contributed by atoms with Gasteiger partial charge in [-0.05, 0) is 64.4 Å². The smallest absolute Gasteiger partial charge is 0.159 e. The Bertz CT molecular complexity index is 575. The molecule has 2 aromatic carbocycles. The van der Waals surface area contributed by atoms with Crippen LogP contribution >= 0.6 is 22.6 Å². The van der Waals surface area contributed by atoms with Gasteiger partial charge < -0.3 is 0 Å². The van der Waals surface area contributed by atoms with E-state index in [1.165, 1.54) is 6.07 Å². The van der Waals surface area contributed by atoms with Gasteiger partial charge in [0.05, 0.1) is 6.04 Å². The van der Waals surface area contributed by atoms with Gasteiger partial charge in [-0.3, -0.25) is 11.3 Å². The molecule has 0 saturated heterocycles. The SMILES string of the molecule is NNC(Cc1ccc(F)c(F)c1)c1cccc(I)c1. The number of hydrazine groups is 1. The van der Waals surface area contributed by atoms with Crippen molar-refractivity contribution in [3.05, 3.63) is 68.8 Å². The van der Waals surface area contributed by atoms with Crippen molar-refractivity contribution >= 4 is 22.6 Å². The summed E-state index contributed by atoms with van der Waals surface area (Å²) in [5.41, 5.74) is 4.42. The van der Waals surface area contributed by atoms with Gasteiger partial charge in [0.1, 0.15) is 0 Å². The number of benzene rings is 2. The molecule has 2 aromatic rings. The molecule has 19 heavy (non-hydrogen) atoms. The van der Waals surface area contributed by atoms with Crippen molar-refractivity contribution in [2.45, 2.75) is 12.5 Å². The molecule has 0 heterocycles. The lowest BCUT2D eigenvalue weighted by molar-refractivity contribution is 0.502. The van der Waals surface area contributed by atoms with Gasteiger partial charge in [0.25, 0.3) is 0 Å².